The molecule has 1 saturated heterocycles. The number of aromatic nitrogens is 1. The first kappa shape index (κ1) is 15.3. The summed E-state index contributed by atoms with van der Waals surface area (Å²) in [5.74, 6) is 1.23. The number of nitrogens with zero attached hydrogens (tertiary/aromatic N) is 4. The molecule has 5 nitrogen and oxygen atoms in total. The van der Waals surface area contributed by atoms with Gasteiger partial charge in [-0.15, -0.1) is 0 Å². The summed E-state index contributed by atoms with van der Waals surface area (Å²) in [5.41, 5.74) is 1.16. The Morgan fingerprint density at radius 1 is 1.35 bits per heavy atom. The van der Waals surface area contributed by atoms with Gasteiger partial charge in [0.15, 0.2) is 0 Å². The molecule has 2 rings (SSSR count). The average Bonchev–Trinajstić information content (AvgIpc) is 2.38. The highest BCUT2D eigenvalue weighted by Gasteiger charge is 2.22. The van der Waals surface area contributed by atoms with Crippen LogP contribution in [-0.2, 0) is 4.79 Å². The number of aryl methyl sites for hydroxylation is 1. The Morgan fingerprint density at radius 3 is 2.55 bits per heavy atom. The van der Waals surface area contributed by atoms with Crippen molar-refractivity contribution in [2.45, 2.75) is 6.92 Å². The molecule has 1 aromatic heterocycles. The fourth-order valence-electron chi connectivity index (χ4n) is 2.40. The molecule has 1 aromatic rings. The Morgan fingerprint density at radius 2 is 2.00 bits per heavy atom. The van der Waals surface area contributed by atoms with E-state index < -0.39 is 0 Å². The Kier molecular flexibility index (Phi) is 4.99. The van der Waals surface area contributed by atoms with Crippen molar-refractivity contribution in [1.29, 1.82) is 0 Å². The Labute approximate surface area is 128 Å². The van der Waals surface area contributed by atoms with Crippen LogP contribution in [0.1, 0.15) is 5.56 Å². The molecular formula is C14H21BrN4O. The predicted octanol–water partition coefficient (Wildman–Crippen LogP) is 1.36. The maximum absolute atomic E-state index is 12.0. The van der Waals surface area contributed by atoms with Crippen LogP contribution in [-0.4, -0.2) is 67.5 Å². The summed E-state index contributed by atoms with van der Waals surface area (Å²) in [5, 5.41) is 0. The summed E-state index contributed by atoms with van der Waals surface area (Å²) < 4.78 is 0.999. The van der Waals surface area contributed by atoms with Crippen LogP contribution in [0.15, 0.2) is 16.7 Å². The number of amides is 1. The van der Waals surface area contributed by atoms with Crippen molar-refractivity contribution in [3.05, 3.63) is 22.3 Å². The molecule has 0 spiro atoms. The number of rotatable bonds is 3. The van der Waals surface area contributed by atoms with Crippen molar-refractivity contribution in [3.63, 3.8) is 0 Å². The van der Waals surface area contributed by atoms with Crippen molar-refractivity contribution < 1.29 is 4.79 Å². The molecule has 0 aliphatic carbocycles. The van der Waals surface area contributed by atoms with Crippen molar-refractivity contribution in [3.8, 4) is 0 Å². The second kappa shape index (κ2) is 6.54. The van der Waals surface area contributed by atoms with E-state index in [1.165, 1.54) is 0 Å². The molecule has 0 radical (unpaired) electrons. The minimum atomic E-state index is 0.204. The van der Waals surface area contributed by atoms with Crippen molar-refractivity contribution in [2.24, 2.45) is 0 Å². The van der Waals surface area contributed by atoms with E-state index >= 15 is 0 Å². The lowest BCUT2D eigenvalue weighted by Gasteiger charge is -2.36. The molecule has 0 bridgehead atoms. The van der Waals surface area contributed by atoms with E-state index in [0.717, 1.165) is 42.0 Å². The lowest BCUT2D eigenvalue weighted by Crippen LogP contribution is -2.51. The number of likely N-dealkylation sites (N-methyl/N-ethyl adjacent to an activating group) is 1. The van der Waals surface area contributed by atoms with Gasteiger partial charge in [-0.3, -0.25) is 4.79 Å². The van der Waals surface area contributed by atoms with E-state index in [2.05, 4.69) is 38.8 Å². The highest BCUT2D eigenvalue weighted by molar-refractivity contribution is 9.10. The molecular weight excluding hydrogens is 320 g/mol. The van der Waals surface area contributed by atoms with Gasteiger partial charge in [-0.05, 0) is 48.6 Å². The minimum absolute atomic E-state index is 0.204. The van der Waals surface area contributed by atoms with E-state index in [0.29, 0.717) is 6.54 Å². The van der Waals surface area contributed by atoms with Gasteiger partial charge in [0.1, 0.15) is 5.82 Å². The van der Waals surface area contributed by atoms with Gasteiger partial charge in [0, 0.05) is 36.8 Å². The fourth-order valence-corrected chi connectivity index (χ4v) is 2.85. The van der Waals surface area contributed by atoms with Gasteiger partial charge in [0.25, 0.3) is 0 Å². The molecule has 0 atom stereocenters. The first-order chi connectivity index (χ1) is 9.47. The van der Waals surface area contributed by atoms with Gasteiger partial charge < -0.3 is 14.7 Å². The number of halogens is 1. The van der Waals surface area contributed by atoms with E-state index in [1.54, 1.807) is 0 Å². The average molecular weight is 341 g/mol. The van der Waals surface area contributed by atoms with Crippen LogP contribution in [0.2, 0.25) is 0 Å². The SMILES string of the molecule is Cc1cc(Br)cnc1N1CCN(C(=O)CN(C)C)CC1. The summed E-state index contributed by atoms with van der Waals surface area (Å²) in [6.45, 7) is 5.77. The van der Waals surface area contributed by atoms with Crippen molar-refractivity contribution in [1.82, 2.24) is 14.8 Å². The molecule has 2 heterocycles. The number of anilines is 1. The quantitative estimate of drug-likeness (QED) is 0.832. The van der Waals surface area contributed by atoms with Gasteiger partial charge >= 0.3 is 0 Å². The van der Waals surface area contributed by atoms with Crippen LogP contribution < -0.4 is 4.90 Å². The molecule has 1 amide bonds. The maximum Gasteiger partial charge on any atom is 0.236 e. The van der Waals surface area contributed by atoms with Crippen LogP contribution in [0.4, 0.5) is 5.82 Å². The number of pyridine rings is 1. The summed E-state index contributed by atoms with van der Waals surface area (Å²) in [6.07, 6.45) is 1.83. The smallest absolute Gasteiger partial charge is 0.236 e. The molecule has 1 fully saturated rings. The highest BCUT2D eigenvalue weighted by Crippen LogP contribution is 2.21. The fraction of sp³-hybridized carbons (Fsp3) is 0.571. The first-order valence-corrected chi connectivity index (χ1v) is 7.56. The first-order valence-electron chi connectivity index (χ1n) is 6.77. The van der Waals surface area contributed by atoms with E-state index in [9.17, 15) is 4.79 Å². The Bertz CT molecular complexity index is 484. The van der Waals surface area contributed by atoms with Gasteiger partial charge in [0.05, 0.1) is 6.54 Å². The Balaban J connectivity index is 1.95. The zero-order valence-electron chi connectivity index (χ0n) is 12.3. The number of piperazine rings is 1. The summed E-state index contributed by atoms with van der Waals surface area (Å²) in [7, 11) is 3.84. The van der Waals surface area contributed by atoms with Crippen LogP contribution in [0.3, 0.4) is 0 Å². The zero-order valence-corrected chi connectivity index (χ0v) is 13.9. The van der Waals surface area contributed by atoms with E-state index in [4.69, 9.17) is 0 Å². The van der Waals surface area contributed by atoms with Crippen molar-refractivity contribution in [2.75, 3.05) is 51.7 Å². The van der Waals surface area contributed by atoms with Gasteiger partial charge in [-0.25, -0.2) is 4.98 Å². The maximum atomic E-state index is 12.0. The molecule has 1 aliphatic rings. The third-order valence-corrected chi connectivity index (χ3v) is 3.83. The monoisotopic (exact) mass is 340 g/mol. The molecule has 0 aromatic carbocycles. The van der Waals surface area contributed by atoms with Crippen LogP contribution in [0.5, 0.6) is 0 Å². The Hall–Kier alpha value is -1.14. The molecule has 0 N–H and O–H groups in total. The lowest BCUT2D eigenvalue weighted by molar-refractivity contribution is -0.132. The standard InChI is InChI=1S/C14H21BrN4O/c1-11-8-12(15)9-16-14(11)19-6-4-18(5-7-19)13(20)10-17(2)3/h8-9H,4-7,10H2,1-3H3. The van der Waals surface area contributed by atoms with Crippen LogP contribution in [0.25, 0.3) is 0 Å². The molecule has 1 aliphatic heterocycles. The zero-order chi connectivity index (χ0) is 14.7. The second-order valence-electron chi connectivity index (χ2n) is 5.40. The summed E-state index contributed by atoms with van der Waals surface area (Å²) in [4.78, 5) is 22.6. The largest absolute Gasteiger partial charge is 0.353 e. The number of carbonyl (C=O) groups is 1. The number of carbonyl (C=O) groups excluding carboxylic acids is 1. The van der Waals surface area contributed by atoms with Crippen LogP contribution >= 0.6 is 15.9 Å². The minimum Gasteiger partial charge on any atom is -0.353 e. The normalized spacial score (nSPS) is 15.8. The third kappa shape index (κ3) is 3.70. The topological polar surface area (TPSA) is 39.7 Å². The molecule has 20 heavy (non-hydrogen) atoms. The third-order valence-electron chi connectivity index (χ3n) is 3.40. The molecule has 0 saturated carbocycles. The highest BCUT2D eigenvalue weighted by atomic mass is 79.9. The van der Waals surface area contributed by atoms with Gasteiger partial charge in [0.2, 0.25) is 5.91 Å². The van der Waals surface area contributed by atoms with E-state index in [-0.39, 0.29) is 5.91 Å². The summed E-state index contributed by atoms with van der Waals surface area (Å²) in [6, 6.07) is 2.08. The predicted molar refractivity (Wildman–Crippen MR) is 84.0 cm³/mol. The molecule has 110 valence electrons. The van der Waals surface area contributed by atoms with Crippen molar-refractivity contribution >= 4 is 27.7 Å². The van der Waals surface area contributed by atoms with Crippen LogP contribution in [0, 0.1) is 6.92 Å². The van der Waals surface area contributed by atoms with E-state index in [1.807, 2.05) is 30.1 Å². The molecule has 6 heteroatoms. The number of hydrogen-bond donors (Lipinski definition) is 0. The molecule has 0 unspecified atom stereocenters. The lowest BCUT2D eigenvalue weighted by atomic mass is 10.2. The number of hydrogen-bond acceptors (Lipinski definition) is 4. The summed E-state index contributed by atoms with van der Waals surface area (Å²) >= 11 is 3.43. The van der Waals surface area contributed by atoms with Gasteiger partial charge in [-0.1, -0.05) is 0 Å². The van der Waals surface area contributed by atoms with Gasteiger partial charge in [-0.2, -0.15) is 0 Å². The second-order valence-corrected chi connectivity index (χ2v) is 6.32.